The Labute approximate surface area is 143 Å². The first-order valence-corrected chi connectivity index (χ1v) is 11.3. The van der Waals surface area contributed by atoms with Gasteiger partial charge in [0.25, 0.3) is 0 Å². The normalized spacial score (nSPS) is 16.0. The highest BCUT2D eigenvalue weighted by Gasteiger charge is 2.41. The maximum atomic E-state index is 12.3. The monoisotopic (exact) mass is 347 g/mol. The highest BCUT2D eigenvalue weighted by molar-refractivity contribution is 6.74. The van der Waals surface area contributed by atoms with E-state index in [2.05, 4.69) is 33.9 Å². The van der Waals surface area contributed by atoms with Gasteiger partial charge in [0.1, 0.15) is 6.10 Å². The lowest BCUT2D eigenvalue weighted by molar-refractivity contribution is -0.0119. The van der Waals surface area contributed by atoms with Crippen molar-refractivity contribution in [1.82, 2.24) is 4.90 Å². The minimum absolute atomic E-state index is 0.0102. The average molecular weight is 348 g/mol. The zero-order valence-corrected chi connectivity index (χ0v) is 17.7. The average Bonchev–Trinajstić information content (AvgIpc) is 2.34. The molecule has 0 aromatic carbocycles. The Hall–Kier alpha value is -0.593. The first-order valence-electron chi connectivity index (χ1n) is 8.36. The van der Waals surface area contributed by atoms with Gasteiger partial charge in [0.2, 0.25) is 0 Å². The number of hydrogen-bond donors (Lipinski definition) is 1. The summed E-state index contributed by atoms with van der Waals surface area (Å²) >= 11 is 0. The van der Waals surface area contributed by atoms with Gasteiger partial charge in [-0.15, -0.1) is 0 Å². The zero-order valence-electron chi connectivity index (χ0n) is 16.7. The molecule has 0 saturated carbocycles. The summed E-state index contributed by atoms with van der Waals surface area (Å²) in [6.45, 7) is 18.5. The smallest absolute Gasteiger partial charge is 0.410 e. The minimum Gasteiger partial charge on any atom is -0.444 e. The molecular weight excluding hydrogens is 310 g/mol. The Morgan fingerprint density at radius 1 is 1.17 bits per heavy atom. The molecule has 0 bridgehead atoms. The van der Waals surface area contributed by atoms with Gasteiger partial charge in [-0.3, -0.25) is 0 Å². The topological polar surface area (TPSA) is 59.0 Å². The van der Waals surface area contributed by atoms with E-state index >= 15 is 0 Å². The van der Waals surface area contributed by atoms with Crippen LogP contribution in [0.3, 0.4) is 0 Å². The number of carbonyl (C=O) groups excluding carboxylic acids is 1. The van der Waals surface area contributed by atoms with Gasteiger partial charge < -0.3 is 19.2 Å². The lowest BCUT2D eigenvalue weighted by Crippen LogP contribution is -2.49. The van der Waals surface area contributed by atoms with Gasteiger partial charge in [-0.05, 0) is 52.2 Å². The number of ether oxygens (including phenoxy) is 1. The molecule has 1 N–H and O–H groups in total. The van der Waals surface area contributed by atoms with Gasteiger partial charge in [0.15, 0.2) is 8.32 Å². The van der Waals surface area contributed by atoms with Crippen molar-refractivity contribution >= 4 is 14.4 Å². The van der Waals surface area contributed by atoms with Crippen LogP contribution in [0.4, 0.5) is 4.79 Å². The van der Waals surface area contributed by atoms with Crippen LogP contribution in [0.15, 0.2) is 0 Å². The predicted octanol–water partition coefficient (Wildman–Crippen LogP) is 4.01. The molecule has 0 fully saturated rings. The fourth-order valence-corrected chi connectivity index (χ4v) is 3.08. The number of nitrogens with zero attached hydrogens (tertiary/aromatic N) is 1. The van der Waals surface area contributed by atoms with Crippen LogP contribution in [0, 0.1) is 0 Å². The fraction of sp³-hybridized carbons (Fsp3) is 0.941. The van der Waals surface area contributed by atoms with E-state index in [1.165, 1.54) is 0 Å². The molecule has 0 unspecified atom stereocenters. The van der Waals surface area contributed by atoms with Crippen molar-refractivity contribution in [2.24, 2.45) is 0 Å². The molecule has 0 saturated heterocycles. The van der Waals surface area contributed by atoms with E-state index in [0.29, 0.717) is 6.42 Å². The number of aliphatic hydroxyl groups excluding tert-OH is 1. The number of aliphatic hydroxyl groups is 1. The van der Waals surface area contributed by atoms with Crippen LogP contribution in [-0.4, -0.2) is 55.8 Å². The van der Waals surface area contributed by atoms with Crippen LogP contribution in [0.2, 0.25) is 18.1 Å². The summed E-state index contributed by atoms with van der Waals surface area (Å²) in [5.41, 5.74) is -0.302. The number of amides is 1. The van der Waals surface area contributed by atoms with Crippen LogP contribution >= 0.6 is 0 Å². The Morgan fingerprint density at radius 3 is 2.00 bits per heavy atom. The van der Waals surface area contributed by atoms with Crippen LogP contribution in [0.25, 0.3) is 0 Å². The molecule has 0 heterocycles. The second-order valence-electron chi connectivity index (χ2n) is 8.75. The first-order chi connectivity index (χ1) is 10.1. The summed E-state index contributed by atoms with van der Waals surface area (Å²) in [5, 5.41) is 9.40. The van der Waals surface area contributed by atoms with Crippen molar-refractivity contribution in [3.8, 4) is 0 Å². The van der Waals surface area contributed by atoms with Gasteiger partial charge in [-0.25, -0.2) is 4.79 Å². The van der Waals surface area contributed by atoms with E-state index in [4.69, 9.17) is 9.16 Å². The van der Waals surface area contributed by atoms with Crippen LogP contribution < -0.4 is 0 Å². The highest BCUT2D eigenvalue weighted by Crippen LogP contribution is 2.38. The van der Waals surface area contributed by atoms with Crippen molar-refractivity contribution in [3.05, 3.63) is 0 Å². The van der Waals surface area contributed by atoms with Crippen molar-refractivity contribution < 1.29 is 19.1 Å². The molecule has 0 radical (unpaired) electrons. The Morgan fingerprint density at radius 2 is 1.65 bits per heavy atom. The van der Waals surface area contributed by atoms with E-state index < -0.39 is 14.4 Å². The third kappa shape index (κ3) is 6.81. The van der Waals surface area contributed by atoms with Crippen LogP contribution in [0.1, 0.15) is 54.9 Å². The van der Waals surface area contributed by atoms with E-state index in [1.807, 2.05) is 27.7 Å². The molecule has 5 nitrogen and oxygen atoms in total. The molecule has 0 aromatic rings. The van der Waals surface area contributed by atoms with E-state index in [1.54, 1.807) is 11.9 Å². The molecule has 6 heteroatoms. The Balaban J connectivity index is 5.01. The molecule has 0 aromatic heterocycles. The summed E-state index contributed by atoms with van der Waals surface area (Å²) in [4.78, 5) is 13.8. The van der Waals surface area contributed by atoms with E-state index in [-0.39, 0.29) is 29.4 Å². The lowest BCUT2D eigenvalue weighted by Gasteiger charge is -2.41. The van der Waals surface area contributed by atoms with Crippen molar-refractivity contribution in [1.29, 1.82) is 0 Å². The van der Waals surface area contributed by atoms with Crippen LogP contribution in [0.5, 0.6) is 0 Å². The third-order valence-corrected chi connectivity index (χ3v) is 9.26. The standard InChI is InChI=1S/C17H37NO4Si/c1-13(21-15(20)18(8)16(2,3)4)14(11-12-19)22-23(9,10)17(5,6)7/h13-14,19H,11-12H2,1-10H3/t13-,14-/m1/s1. The molecule has 0 aliphatic carbocycles. The molecule has 0 spiro atoms. The fourth-order valence-electron chi connectivity index (χ4n) is 1.66. The molecule has 0 aliphatic rings. The third-order valence-electron chi connectivity index (χ3n) is 4.76. The number of hydrogen-bond acceptors (Lipinski definition) is 4. The maximum absolute atomic E-state index is 12.3. The summed E-state index contributed by atoms with van der Waals surface area (Å²) in [7, 11) is -0.272. The summed E-state index contributed by atoms with van der Waals surface area (Å²) < 4.78 is 11.9. The maximum Gasteiger partial charge on any atom is 0.410 e. The van der Waals surface area contributed by atoms with Crippen molar-refractivity contribution in [2.75, 3.05) is 13.7 Å². The largest absolute Gasteiger partial charge is 0.444 e. The molecule has 0 aliphatic heterocycles. The molecule has 0 rings (SSSR count). The molecule has 1 amide bonds. The second-order valence-corrected chi connectivity index (χ2v) is 13.5. The summed E-state index contributed by atoms with van der Waals surface area (Å²) in [6.07, 6.45) is -0.612. The first kappa shape index (κ1) is 22.4. The minimum atomic E-state index is -2.00. The molecule has 2 atom stereocenters. The van der Waals surface area contributed by atoms with Crippen molar-refractivity contribution in [2.45, 2.75) is 90.8 Å². The van der Waals surface area contributed by atoms with Gasteiger partial charge in [-0.2, -0.15) is 0 Å². The molecule has 23 heavy (non-hydrogen) atoms. The SMILES string of the molecule is C[C@@H](OC(=O)N(C)C(C)(C)C)[C@@H](CCO)O[Si](C)(C)C(C)(C)C. The van der Waals surface area contributed by atoms with Gasteiger partial charge in [0.05, 0.1) is 6.10 Å². The summed E-state index contributed by atoms with van der Waals surface area (Å²) in [5.74, 6) is 0. The van der Waals surface area contributed by atoms with Gasteiger partial charge in [-0.1, -0.05) is 20.8 Å². The number of carbonyl (C=O) groups is 1. The quantitative estimate of drug-likeness (QED) is 0.737. The number of rotatable bonds is 6. The zero-order chi connectivity index (χ0) is 18.6. The van der Waals surface area contributed by atoms with E-state index in [9.17, 15) is 9.90 Å². The Bertz CT molecular complexity index is 385. The van der Waals surface area contributed by atoms with Gasteiger partial charge in [0, 0.05) is 19.2 Å². The van der Waals surface area contributed by atoms with E-state index in [0.717, 1.165) is 0 Å². The Kier molecular flexibility index (Phi) is 7.78. The van der Waals surface area contributed by atoms with Crippen molar-refractivity contribution in [3.63, 3.8) is 0 Å². The second kappa shape index (κ2) is 7.99. The molecular formula is C17H37NO4Si. The van der Waals surface area contributed by atoms with Crippen LogP contribution in [-0.2, 0) is 9.16 Å². The lowest BCUT2D eigenvalue weighted by atomic mass is 10.1. The predicted molar refractivity (Wildman–Crippen MR) is 97.2 cm³/mol. The van der Waals surface area contributed by atoms with Gasteiger partial charge >= 0.3 is 6.09 Å². The highest BCUT2D eigenvalue weighted by atomic mass is 28.4. The summed E-state index contributed by atoms with van der Waals surface area (Å²) in [6, 6.07) is 0. The molecule has 138 valence electrons.